The van der Waals surface area contributed by atoms with Gasteiger partial charge in [0.15, 0.2) is 5.78 Å². The first-order valence-corrected chi connectivity index (χ1v) is 11.1. The highest BCUT2D eigenvalue weighted by Gasteiger charge is 2.21. The summed E-state index contributed by atoms with van der Waals surface area (Å²) in [5.74, 6) is 0.819. The zero-order valence-corrected chi connectivity index (χ0v) is 17.2. The molecule has 1 nitrogen and oxygen atoms in total. The van der Waals surface area contributed by atoms with Crippen LogP contribution >= 0.6 is 0 Å². The third-order valence-electron chi connectivity index (χ3n) is 5.50. The van der Waals surface area contributed by atoms with E-state index in [9.17, 15) is 4.79 Å². The van der Waals surface area contributed by atoms with Gasteiger partial charge in [0.2, 0.25) is 0 Å². The van der Waals surface area contributed by atoms with Gasteiger partial charge in [0, 0.05) is 6.42 Å². The lowest BCUT2D eigenvalue weighted by atomic mass is 9.83. The molecule has 1 heteroatoms. The highest BCUT2D eigenvalue weighted by molar-refractivity contribution is 5.97. The Hall–Kier alpha value is -0.850. The van der Waals surface area contributed by atoms with E-state index in [1.165, 1.54) is 89.0 Å². The highest BCUT2D eigenvalue weighted by Crippen LogP contribution is 2.29. The van der Waals surface area contributed by atoms with Gasteiger partial charge in [0.1, 0.15) is 0 Å². The van der Waals surface area contributed by atoms with Gasteiger partial charge in [-0.05, 0) is 42.7 Å². The molecule has 1 rings (SSSR count). The SMILES string of the molecule is CCCCCC/C=C1\C=C(CCCCCCCCCC)C(=O)CC1C. The van der Waals surface area contributed by atoms with Gasteiger partial charge in [-0.15, -0.1) is 0 Å². The molecule has 0 amide bonds. The third-order valence-corrected chi connectivity index (χ3v) is 5.50. The summed E-state index contributed by atoms with van der Waals surface area (Å²) >= 11 is 0. The number of carbonyl (C=O) groups excluding carboxylic acids is 1. The number of ketones is 1. The molecule has 0 saturated carbocycles. The van der Waals surface area contributed by atoms with Crippen molar-refractivity contribution in [2.45, 2.75) is 117 Å². The van der Waals surface area contributed by atoms with Gasteiger partial charge < -0.3 is 0 Å². The lowest BCUT2D eigenvalue weighted by Gasteiger charge is -2.21. The Morgan fingerprint density at radius 3 is 2.08 bits per heavy atom. The average molecular weight is 347 g/mol. The van der Waals surface area contributed by atoms with Crippen LogP contribution in [-0.4, -0.2) is 5.78 Å². The van der Waals surface area contributed by atoms with Crippen molar-refractivity contribution in [1.82, 2.24) is 0 Å². The fourth-order valence-corrected chi connectivity index (χ4v) is 3.71. The molecule has 0 aliphatic heterocycles. The molecule has 0 N–H and O–H groups in total. The van der Waals surface area contributed by atoms with Gasteiger partial charge in [-0.25, -0.2) is 0 Å². The fourth-order valence-electron chi connectivity index (χ4n) is 3.71. The van der Waals surface area contributed by atoms with Crippen LogP contribution in [0.4, 0.5) is 0 Å². The van der Waals surface area contributed by atoms with Crippen molar-refractivity contribution in [3.63, 3.8) is 0 Å². The molecule has 0 saturated heterocycles. The van der Waals surface area contributed by atoms with E-state index < -0.39 is 0 Å². The molecule has 0 aromatic rings. The molecule has 0 fully saturated rings. The molecule has 1 atom stereocenters. The zero-order valence-electron chi connectivity index (χ0n) is 17.2. The molecule has 0 aromatic heterocycles. The number of carbonyl (C=O) groups is 1. The normalized spacial score (nSPS) is 19.5. The minimum Gasteiger partial charge on any atom is -0.295 e. The predicted molar refractivity (Wildman–Crippen MR) is 111 cm³/mol. The van der Waals surface area contributed by atoms with Gasteiger partial charge in [-0.1, -0.05) is 97.1 Å². The summed E-state index contributed by atoms with van der Waals surface area (Å²) in [4.78, 5) is 12.3. The van der Waals surface area contributed by atoms with Crippen LogP contribution in [0.5, 0.6) is 0 Å². The number of hydrogen-bond donors (Lipinski definition) is 0. The van der Waals surface area contributed by atoms with Gasteiger partial charge in [-0.2, -0.15) is 0 Å². The predicted octanol–water partition coefficient (Wildman–Crippen LogP) is 7.95. The van der Waals surface area contributed by atoms with Crippen molar-refractivity contribution in [3.05, 3.63) is 23.3 Å². The monoisotopic (exact) mass is 346 g/mol. The van der Waals surface area contributed by atoms with E-state index in [1.807, 2.05) is 0 Å². The second-order valence-electron chi connectivity index (χ2n) is 7.98. The maximum absolute atomic E-state index is 12.3. The molecule has 1 aliphatic carbocycles. The van der Waals surface area contributed by atoms with Crippen molar-refractivity contribution in [1.29, 1.82) is 0 Å². The highest BCUT2D eigenvalue weighted by atomic mass is 16.1. The Bertz CT molecular complexity index is 416. The smallest absolute Gasteiger partial charge is 0.159 e. The molecular weight excluding hydrogens is 304 g/mol. The largest absolute Gasteiger partial charge is 0.295 e. The summed E-state index contributed by atoms with van der Waals surface area (Å²) in [7, 11) is 0. The Balaban J connectivity index is 2.31. The maximum atomic E-state index is 12.3. The second-order valence-corrected chi connectivity index (χ2v) is 7.98. The number of allylic oxidation sites excluding steroid dienone is 4. The average Bonchev–Trinajstić information content (AvgIpc) is 2.60. The van der Waals surface area contributed by atoms with E-state index in [0.29, 0.717) is 11.7 Å². The van der Waals surface area contributed by atoms with Crippen LogP contribution in [0.1, 0.15) is 117 Å². The third kappa shape index (κ3) is 10.0. The molecule has 1 unspecified atom stereocenters. The molecule has 0 radical (unpaired) electrons. The summed E-state index contributed by atoms with van der Waals surface area (Å²) in [5.41, 5.74) is 2.52. The van der Waals surface area contributed by atoms with Gasteiger partial charge in [0.25, 0.3) is 0 Å². The minimum atomic E-state index is 0.401. The van der Waals surface area contributed by atoms with Crippen LogP contribution in [0.25, 0.3) is 0 Å². The van der Waals surface area contributed by atoms with E-state index in [1.54, 1.807) is 0 Å². The molecule has 25 heavy (non-hydrogen) atoms. The van der Waals surface area contributed by atoms with Crippen molar-refractivity contribution < 1.29 is 4.79 Å². The Morgan fingerprint density at radius 2 is 1.44 bits per heavy atom. The van der Waals surface area contributed by atoms with Crippen LogP contribution in [0.2, 0.25) is 0 Å². The topological polar surface area (TPSA) is 17.1 Å². The van der Waals surface area contributed by atoms with Crippen molar-refractivity contribution in [3.8, 4) is 0 Å². The quantitative estimate of drug-likeness (QED) is 0.292. The van der Waals surface area contributed by atoms with E-state index in [4.69, 9.17) is 0 Å². The summed E-state index contributed by atoms with van der Waals surface area (Å²) in [5, 5.41) is 0. The van der Waals surface area contributed by atoms with Gasteiger partial charge in [-0.3, -0.25) is 4.79 Å². The standard InChI is InChI=1S/C24H42O/c1-4-6-8-10-11-12-14-16-18-23-20-22(21(3)19-24(23)25)17-15-13-9-7-5-2/h17,20-21H,4-16,18-19H2,1-3H3/b22-17+. The van der Waals surface area contributed by atoms with E-state index in [2.05, 4.69) is 32.9 Å². The molecular formula is C24H42O. The molecule has 0 bridgehead atoms. The van der Waals surface area contributed by atoms with E-state index in [0.717, 1.165) is 18.4 Å². The number of Topliss-reactive ketones (excluding diaryl/α,β-unsaturated/α-hetero) is 1. The summed E-state index contributed by atoms with van der Waals surface area (Å²) in [6, 6.07) is 0. The lowest BCUT2D eigenvalue weighted by molar-refractivity contribution is -0.116. The van der Waals surface area contributed by atoms with Crippen LogP contribution in [0.3, 0.4) is 0 Å². The Kier molecular flexibility index (Phi) is 12.7. The van der Waals surface area contributed by atoms with Crippen LogP contribution in [-0.2, 0) is 4.79 Å². The number of hydrogen-bond acceptors (Lipinski definition) is 1. The first kappa shape index (κ1) is 22.2. The van der Waals surface area contributed by atoms with Crippen LogP contribution in [0, 0.1) is 5.92 Å². The van der Waals surface area contributed by atoms with E-state index in [-0.39, 0.29) is 0 Å². The van der Waals surface area contributed by atoms with Crippen molar-refractivity contribution >= 4 is 5.78 Å². The van der Waals surface area contributed by atoms with Crippen LogP contribution < -0.4 is 0 Å². The zero-order chi connectivity index (χ0) is 18.3. The summed E-state index contributed by atoms with van der Waals surface area (Å²) in [6.07, 6.45) is 23.5. The molecule has 1 aliphatic rings. The fraction of sp³-hybridized carbons (Fsp3) is 0.792. The number of rotatable bonds is 14. The Morgan fingerprint density at radius 1 is 0.880 bits per heavy atom. The first-order chi connectivity index (χ1) is 12.2. The van der Waals surface area contributed by atoms with Gasteiger partial charge in [0.05, 0.1) is 0 Å². The van der Waals surface area contributed by atoms with Crippen molar-refractivity contribution in [2.24, 2.45) is 5.92 Å². The molecule has 0 heterocycles. The second kappa shape index (κ2) is 14.3. The minimum absolute atomic E-state index is 0.401. The Labute approximate surface area is 157 Å². The number of unbranched alkanes of at least 4 members (excludes halogenated alkanes) is 11. The lowest BCUT2D eigenvalue weighted by Crippen LogP contribution is -2.16. The van der Waals surface area contributed by atoms with Crippen molar-refractivity contribution in [2.75, 3.05) is 0 Å². The van der Waals surface area contributed by atoms with E-state index >= 15 is 0 Å². The maximum Gasteiger partial charge on any atom is 0.159 e. The summed E-state index contributed by atoms with van der Waals surface area (Å²) in [6.45, 7) is 6.73. The first-order valence-electron chi connectivity index (χ1n) is 11.1. The summed E-state index contributed by atoms with van der Waals surface area (Å²) < 4.78 is 0. The molecule has 144 valence electrons. The molecule has 0 aromatic carbocycles. The van der Waals surface area contributed by atoms with Gasteiger partial charge >= 0.3 is 0 Å². The van der Waals surface area contributed by atoms with Crippen LogP contribution in [0.15, 0.2) is 23.3 Å². The molecule has 0 spiro atoms.